The van der Waals surface area contributed by atoms with Crippen molar-refractivity contribution in [2.45, 2.75) is 335 Å². The summed E-state index contributed by atoms with van der Waals surface area (Å²) in [5.41, 5.74) is 0. The van der Waals surface area contributed by atoms with Gasteiger partial charge in [0.15, 0.2) is 6.10 Å². The molecule has 2 atom stereocenters. The fourth-order valence-electron chi connectivity index (χ4n) is 10.1. The van der Waals surface area contributed by atoms with E-state index in [1.165, 1.54) is 238 Å². The van der Waals surface area contributed by atoms with Gasteiger partial charge in [-0.2, -0.15) is 0 Å². The summed E-state index contributed by atoms with van der Waals surface area (Å²) in [6.07, 6.45) is 82.4. The maximum Gasteiger partial charge on any atom is 0.472 e. The number of allylic oxidation sites excluding steroid dienone is 10. The fourth-order valence-corrected chi connectivity index (χ4v) is 10.8. The van der Waals surface area contributed by atoms with Gasteiger partial charge in [-0.15, -0.1) is 0 Å². The van der Waals surface area contributed by atoms with Crippen molar-refractivity contribution < 1.29 is 42.1 Å². The third kappa shape index (κ3) is 66.7. The van der Waals surface area contributed by atoms with E-state index in [9.17, 15) is 19.0 Å². The predicted molar refractivity (Wildman–Crippen MR) is 349 cm³/mol. The van der Waals surface area contributed by atoms with Gasteiger partial charge in [-0.25, -0.2) is 4.57 Å². The third-order valence-corrected chi connectivity index (χ3v) is 16.3. The van der Waals surface area contributed by atoms with E-state index in [0.29, 0.717) is 23.9 Å². The number of hydrogen-bond acceptors (Lipinski definition) is 7. The van der Waals surface area contributed by atoms with E-state index in [2.05, 4.69) is 74.6 Å². The van der Waals surface area contributed by atoms with Gasteiger partial charge in [0.2, 0.25) is 0 Å². The van der Waals surface area contributed by atoms with Crippen LogP contribution in [0.15, 0.2) is 60.8 Å². The maximum atomic E-state index is 12.8. The van der Waals surface area contributed by atoms with Crippen LogP contribution in [0.5, 0.6) is 0 Å². The molecule has 0 spiro atoms. The van der Waals surface area contributed by atoms with Gasteiger partial charge in [-0.1, -0.05) is 325 Å². The van der Waals surface area contributed by atoms with Crippen LogP contribution in [0.2, 0.25) is 0 Å². The molecule has 0 aromatic rings. The summed E-state index contributed by atoms with van der Waals surface area (Å²) in [5.74, 6) is -0.856. The highest BCUT2D eigenvalue weighted by Crippen LogP contribution is 2.43. The van der Waals surface area contributed by atoms with E-state index in [1.54, 1.807) is 0 Å². The Bertz CT molecular complexity index is 1550. The van der Waals surface area contributed by atoms with E-state index in [-0.39, 0.29) is 32.0 Å². The summed E-state index contributed by atoms with van der Waals surface area (Å²) in [5, 5.41) is 0. The van der Waals surface area contributed by atoms with Gasteiger partial charge in [0.25, 0.3) is 0 Å². The molecule has 0 fully saturated rings. The largest absolute Gasteiger partial charge is 0.472 e. The topological polar surface area (TPSA) is 108 Å². The van der Waals surface area contributed by atoms with Crippen molar-refractivity contribution in [1.29, 1.82) is 0 Å². The van der Waals surface area contributed by atoms with E-state index < -0.39 is 26.5 Å². The van der Waals surface area contributed by atoms with Crippen molar-refractivity contribution in [3.05, 3.63) is 60.8 Å². The lowest BCUT2D eigenvalue weighted by Gasteiger charge is -2.24. The number of esters is 2. The number of hydrogen-bond donors (Lipinski definition) is 1. The minimum absolute atomic E-state index is 0.0202. The zero-order valence-corrected chi connectivity index (χ0v) is 54.9. The van der Waals surface area contributed by atoms with E-state index >= 15 is 0 Å². The SMILES string of the molecule is CC/C=C\C/C=C\C/C=C\C/C=C\C/C=C\CCCC(=O)OC(COC(=O)CCCCCCCCCCCCCCCCCCCCCCCCCCCCCCCCCCCCCCCCCC)COP(=O)(O)OCC[N+](C)(C)C. The molecular weight excluding hydrogens is 1030 g/mol. The van der Waals surface area contributed by atoms with Crippen LogP contribution in [0.1, 0.15) is 328 Å². The Balaban J connectivity index is 3.89. The highest BCUT2D eigenvalue weighted by molar-refractivity contribution is 7.47. The lowest BCUT2D eigenvalue weighted by molar-refractivity contribution is -0.870. The quantitative estimate of drug-likeness (QED) is 0.0211. The molecule has 1 N–H and O–H groups in total. The Labute approximate surface area is 502 Å². The minimum atomic E-state index is -4.40. The molecule has 0 aliphatic carbocycles. The number of ether oxygens (including phenoxy) is 2. The molecule has 0 amide bonds. The Kier molecular flexibility index (Phi) is 60.5. The molecular formula is C71H133NO8P+. The summed E-state index contributed by atoms with van der Waals surface area (Å²) in [6.45, 7) is 4.29. The molecule has 0 aromatic carbocycles. The fraction of sp³-hybridized carbons (Fsp3) is 0.831. The molecule has 0 heterocycles. The van der Waals surface area contributed by atoms with E-state index in [1.807, 2.05) is 21.1 Å². The lowest BCUT2D eigenvalue weighted by atomic mass is 10.0. The highest BCUT2D eigenvalue weighted by atomic mass is 31.2. The summed E-state index contributed by atoms with van der Waals surface area (Å²) in [6, 6.07) is 0. The minimum Gasteiger partial charge on any atom is -0.462 e. The second-order valence-corrected chi connectivity index (χ2v) is 26.0. The molecule has 0 radical (unpaired) electrons. The zero-order valence-electron chi connectivity index (χ0n) is 54.0. The van der Waals surface area contributed by atoms with Gasteiger partial charge in [0, 0.05) is 12.8 Å². The van der Waals surface area contributed by atoms with Crippen LogP contribution in [-0.4, -0.2) is 74.9 Å². The Hall–Kier alpha value is -2.29. The van der Waals surface area contributed by atoms with Crippen molar-refractivity contribution in [2.24, 2.45) is 0 Å². The van der Waals surface area contributed by atoms with Crippen molar-refractivity contribution in [3.8, 4) is 0 Å². The zero-order chi connectivity index (χ0) is 59.1. The van der Waals surface area contributed by atoms with Crippen molar-refractivity contribution in [2.75, 3.05) is 47.5 Å². The number of phosphoric acid groups is 1. The molecule has 0 aliphatic heterocycles. The molecule has 0 saturated carbocycles. The Morgan fingerprint density at radius 1 is 0.395 bits per heavy atom. The second-order valence-electron chi connectivity index (χ2n) is 24.5. The average Bonchev–Trinajstić information content (AvgIpc) is 3.43. The molecule has 0 aliphatic rings. The molecule has 0 bridgehead atoms. The number of phosphoric ester groups is 1. The first-order valence-corrected chi connectivity index (χ1v) is 36.0. The van der Waals surface area contributed by atoms with Crippen molar-refractivity contribution in [3.63, 3.8) is 0 Å². The van der Waals surface area contributed by atoms with E-state index in [0.717, 1.165) is 51.4 Å². The van der Waals surface area contributed by atoms with Crippen LogP contribution in [-0.2, 0) is 32.7 Å². The summed E-state index contributed by atoms with van der Waals surface area (Å²) >= 11 is 0. The number of carbonyl (C=O) groups is 2. The molecule has 81 heavy (non-hydrogen) atoms. The number of rotatable bonds is 64. The number of carbonyl (C=O) groups excluding carboxylic acids is 2. The van der Waals surface area contributed by atoms with Crippen LogP contribution in [0.25, 0.3) is 0 Å². The third-order valence-electron chi connectivity index (χ3n) is 15.3. The van der Waals surface area contributed by atoms with Gasteiger partial charge in [0.05, 0.1) is 27.7 Å². The molecule has 10 heteroatoms. The number of quaternary nitrogens is 1. The second kappa shape index (κ2) is 62.2. The number of unbranched alkanes of at least 4 members (excludes halogenated alkanes) is 40. The van der Waals surface area contributed by atoms with Crippen LogP contribution < -0.4 is 0 Å². The summed E-state index contributed by atoms with van der Waals surface area (Å²) in [7, 11) is 1.45. The van der Waals surface area contributed by atoms with Gasteiger partial charge in [0.1, 0.15) is 19.8 Å². The molecule has 474 valence electrons. The van der Waals surface area contributed by atoms with Crippen LogP contribution in [0.3, 0.4) is 0 Å². The Morgan fingerprint density at radius 3 is 1.04 bits per heavy atom. The standard InChI is InChI=1S/C71H132NO8P/c1-6-8-10-12-14-16-18-20-22-24-25-26-27-28-29-30-31-32-33-34-35-36-37-38-39-40-41-42-43-44-45-46-48-49-51-53-55-57-59-61-63-70(73)77-67-69(68-79-81(75,76)78-66-65-72(3,4)5)80-71(74)64-62-60-58-56-54-52-50-47-23-21-19-17-15-13-11-9-7-2/h9,11,15,17,21,23,50,52,56,58,69H,6-8,10,12-14,16,18-20,22,24-49,51,53-55,57,59-68H2,1-5H3/p+1/b11-9-,17-15-,23-21-,52-50-,58-56-. The van der Waals surface area contributed by atoms with Crippen LogP contribution in [0, 0.1) is 0 Å². The van der Waals surface area contributed by atoms with Gasteiger partial charge in [-0.3, -0.25) is 18.6 Å². The first-order chi connectivity index (χ1) is 39.5. The lowest BCUT2D eigenvalue weighted by Crippen LogP contribution is -2.37. The molecule has 0 aromatic heterocycles. The van der Waals surface area contributed by atoms with Crippen molar-refractivity contribution >= 4 is 19.8 Å². The number of nitrogens with zero attached hydrogens (tertiary/aromatic N) is 1. The predicted octanol–water partition coefficient (Wildman–Crippen LogP) is 22.2. The van der Waals surface area contributed by atoms with Crippen LogP contribution >= 0.6 is 7.82 Å². The summed E-state index contributed by atoms with van der Waals surface area (Å²) < 4.78 is 34.5. The van der Waals surface area contributed by atoms with Gasteiger partial charge < -0.3 is 18.9 Å². The van der Waals surface area contributed by atoms with Gasteiger partial charge in [-0.05, 0) is 51.4 Å². The molecule has 2 unspecified atom stereocenters. The number of likely N-dealkylation sites (N-methyl/N-ethyl adjacent to an activating group) is 1. The van der Waals surface area contributed by atoms with Crippen LogP contribution in [0.4, 0.5) is 0 Å². The van der Waals surface area contributed by atoms with Gasteiger partial charge >= 0.3 is 19.8 Å². The first-order valence-electron chi connectivity index (χ1n) is 34.5. The normalized spacial score (nSPS) is 13.5. The smallest absolute Gasteiger partial charge is 0.462 e. The average molecular weight is 1160 g/mol. The highest BCUT2D eigenvalue weighted by Gasteiger charge is 2.27. The monoisotopic (exact) mass is 1160 g/mol. The maximum absolute atomic E-state index is 12.8. The van der Waals surface area contributed by atoms with Crippen molar-refractivity contribution in [1.82, 2.24) is 0 Å². The molecule has 0 rings (SSSR count). The molecule has 9 nitrogen and oxygen atoms in total. The summed E-state index contributed by atoms with van der Waals surface area (Å²) in [4.78, 5) is 35.7. The first kappa shape index (κ1) is 78.7. The Morgan fingerprint density at radius 2 is 0.704 bits per heavy atom. The van der Waals surface area contributed by atoms with E-state index in [4.69, 9.17) is 18.5 Å². The molecule has 0 saturated heterocycles.